The Morgan fingerprint density at radius 3 is 2.29 bits per heavy atom. The molecule has 1 rings (SSSR count). The first-order valence-corrected chi connectivity index (χ1v) is 5.54. The molecular weight excluding hydrogens is 218 g/mol. The number of ketones is 1. The van der Waals surface area contributed by atoms with Gasteiger partial charge in [0.25, 0.3) is 0 Å². The first kappa shape index (κ1) is 13.4. The molecule has 1 aromatic rings. The van der Waals surface area contributed by atoms with Gasteiger partial charge in [-0.1, -0.05) is 12.1 Å². The maximum absolute atomic E-state index is 11.5. The standard InChI is InChI=1S/C13H17NO3/c1-9(2)17-13(16)11-5-3-10(4-6-11)7-12(15)8-14/h3-6,9H,7-8,14H2,1-2H3. The molecule has 0 radical (unpaired) electrons. The number of rotatable bonds is 5. The summed E-state index contributed by atoms with van der Waals surface area (Å²) in [6.07, 6.45) is 0.164. The molecule has 0 amide bonds. The molecule has 0 aliphatic rings. The average Bonchev–Trinajstić information content (AvgIpc) is 2.28. The first-order chi connectivity index (χ1) is 8.02. The summed E-state index contributed by atoms with van der Waals surface area (Å²) in [5.74, 6) is -0.376. The molecule has 17 heavy (non-hydrogen) atoms. The highest BCUT2D eigenvalue weighted by atomic mass is 16.5. The van der Waals surface area contributed by atoms with Crippen LogP contribution in [0.1, 0.15) is 29.8 Å². The number of nitrogens with two attached hydrogens (primary N) is 1. The molecule has 0 bridgehead atoms. The number of Topliss-reactive ketones (excluding diaryl/α,β-unsaturated/α-hetero) is 1. The predicted molar refractivity (Wildman–Crippen MR) is 64.8 cm³/mol. The second-order valence-electron chi connectivity index (χ2n) is 4.07. The largest absolute Gasteiger partial charge is 0.459 e. The fourth-order valence-corrected chi connectivity index (χ4v) is 1.34. The van der Waals surface area contributed by atoms with Gasteiger partial charge in [0.2, 0.25) is 0 Å². The van der Waals surface area contributed by atoms with Gasteiger partial charge >= 0.3 is 5.97 Å². The van der Waals surface area contributed by atoms with Crippen molar-refractivity contribution in [3.63, 3.8) is 0 Å². The van der Waals surface area contributed by atoms with Crippen molar-refractivity contribution in [3.8, 4) is 0 Å². The third-order valence-electron chi connectivity index (χ3n) is 2.16. The molecule has 4 nitrogen and oxygen atoms in total. The maximum Gasteiger partial charge on any atom is 0.338 e. The Labute approximate surface area is 101 Å². The van der Waals surface area contributed by atoms with Gasteiger partial charge in [-0.15, -0.1) is 0 Å². The van der Waals surface area contributed by atoms with Crippen molar-refractivity contribution in [3.05, 3.63) is 35.4 Å². The molecule has 0 spiro atoms. The van der Waals surface area contributed by atoms with E-state index < -0.39 is 0 Å². The van der Waals surface area contributed by atoms with E-state index in [0.717, 1.165) is 5.56 Å². The van der Waals surface area contributed by atoms with Crippen molar-refractivity contribution < 1.29 is 14.3 Å². The van der Waals surface area contributed by atoms with Crippen molar-refractivity contribution in [1.82, 2.24) is 0 Å². The van der Waals surface area contributed by atoms with Gasteiger partial charge in [-0.05, 0) is 31.5 Å². The molecule has 0 saturated carbocycles. The number of hydrogen-bond acceptors (Lipinski definition) is 4. The highest BCUT2D eigenvalue weighted by Gasteiger charge is 2.09. The molecular formula is C13H17NO3. The summed E-state index contributed by atoms with van der Waals surface area (Å²) in [7, 11) is 0. The number of ether oxygens (including phenoxy) is 1. The van der Waals surface area contributed by atoms with Crippen molar-refractivity contribution in [1.29, 1.82) is 0 Å². The second-order valence-corrected chi connectivity index (χ2v) is 4.07. The number of carbonyl (C=O) groups excluding carboxylic acids is 2. The van der Waals surface area contributed by atoms with Gasteiger partial charge in [-0.25, -0.2) is 4.79 Å². The van der Waals surface area contributed by atoms with Crippen LogP contribution in [0.3, 0.4) is 0 Å². The van der Waals surface area contributed by atoms with E-state index in [-0.39, 0.29) is 24.4 Å². The van der Waals surface area contributed by atoms with Crippen molar-refractivity contribution in [2.75, 3.05) is 6.54 Å². The molecule has 0 fully saturated rings. The van der Waals surface area contributed by atoms with E-state index in [0.29, 0.717) is 12.0 Å². The number of carbonyl (C=O) groups is 2. The van der Waals surface area contributed by atoms with Crippen molar-refractivity contribution >= 4 is 11.8 Å². The molecule has 2 N–H and O–H groups in total. The van der Waals surface area contributed by atoms with Gasteiger partial charge in [-0.3, -0.25) is 4.79 Å². The Morgan fingerprint density at radius 1 is 1.24 bits per heavy atom. The Bertz CT molecular complexity index is 396. The number of esters is 1. The van der Waals surface area contributed by atoms with Crippen molar-refractivity contribution in [2.45, 2.75) is 26.4 Å². The summed E-state index contributed by atoms with van der Waals surface area (Å²) in [6.45, 7) is 3.63. The monoisotopic (exact) mass is 235 g/mol. The van der Waals surface area contributed by atoms with Gasteiger partial charge in [0, 0.05) is 6.42 Å². The van der Waals surface area contributed by atoms with Crippen LogP contribution in [0.25, 0.3) is 0 Å². The van der Waals surface area contributed by atoms with E-state index in [4.69, 9.17) is 10.5 Å². The summed E-state index contributed by atoms with van der Waals surface area (Å²) in [6, 6.07) is 6.79. The third-order valence-corrected chi connectivity index (χ3v) is 2.16. The fourth-order valence-electron chi connectivity index (χ4n) is 1.34. The normalized spacial score (nSPS) is 10.4. The Balaban J connectivity index is 2.67. The van der Waals surface area contributed by atoms with Crippen LogP contribution in [0.2, 0.25) is 0 Å². The van der Waals surface area contributed by atoms with Crippen LogP contribution in [-0.2, 0) is 16.0 Å². The highest BCUT2D eigenvalue weighted by Crippen LogP contribution is 2.08. The number of benzene rings is 1. The molecule has 0 aliphatic heterocycles. The first-order valence-electron chi connectivity index (χ1n) is 5.54. The molecule has 0 unspecified atom stereocenters. The van der Waals surface area contributed by atoms with E-state index in [1.165, 1.54) is 0 Å². The topological polar surface area (TPSA) is 69.4 Å². The van der Waals surface area contributed by atoms with Crippen LogP contribution in [0, 0.1) is 0 Å². The van der Waals surface area contributed by atoms with Gasteiger partial charge in [0.05, 0.1) is 18.2 Å². The Hall–Kier alpha value is -1.68. The van der Waals surface area contributed by atoms with Crippen LogP contribution < -0.4 is 5.73 Å². The van der Waals surface area contributed by atoms with Gasteiger partial charge in [-0.2, -0.15) is 0 Å². The molecule has 0 saturated heterocycles. The lowest BCUT2D eigenvalue weighted by atomic mass is 10.1. The number of hydrogen-bond donors (Lipinski definition) is 1. The molecule has 0 aliphatic carbocycles. The van der Waals surface area contributed by atoms with E-state index in [2.05, 4.69) is 0 Å². The van der Waals surface area contributed by atoms with Gasteiger partial charge in [0.15, 0.2) is 5.78 Å². The zero-order valence-corrected chi connectivity index (χ0v) is 10.1. The predicted octanol–water partition coefficient (Wildman–Crippen LogP) is 1.32. The summed E-state index contributed by atoms with van der Waals surface area (Å²) < 4.78 is 5.05. The van der Waals surface area contributed by atoms with E-state index in [1.807, 2.05) is 0 Å². The van der Waals surface area contributed by atoms with Gasteiger partial charge < -0.3 is 10.5 Å². The highest BCUT2D eigenvalue weighted by molar-refractivity contribution is 5.89. The Kier molecular flexibility index (Phi) is 4.84. The van der Waals surface area contributed by atoms with Crippen LogP contribution in [0.15, 0.2) is 24.3 Å². The van der Waals surface area contributed by atoms with Crippen LogP contribution >= 0.6 is 0 Å². The summed E-state index contributed by atoms with van der Waals surface area (Å²) >= 11 is 0. The van der Waals surface area contributed by atoms with Crippen LogP contribution in [0.4, 0.5) is 0 Å². The van der Waals surface area contributed by atoms with E-state index in [1.54, 1.807) is 38.1 Å². The van der Waals surface area contributed by atoms with Crippen LogP contribution in [0.5, 0.6) is 0 Å². The van der Waals surface area contributed by atoms with Gasteiger partial charge in [0.1, 0.15) is 0 Å². The van der Waals surface area contributed by atoms with E-state index >= 15 is 0 Å². The van der Waals surface area contributed by atoms with Crippen molar-refractivity contribution in [2.24, 2.45) is 5.73 Å². The minimum atomic E-state index is -0.350. The lowest BCUT2D eigenvalue weighted by Gasteiger charge is -2.08. The molecule has 0 atom stereocenters. The smallest absolute Gasteiger partial charge is 0.338 e. The summed E-state index contributed by atoms with van der Waals surface area (Å²) in [4.78, 5) is 22.7. The molecule has 0 aromatic heterocycles. The zero-order valence-electron chi connectivity index (χ0n) is 10.1. The minimum absolute atomic E-state index is 0.0255. The SMILES string of the molecule is CC(C)OC(=O)c1ccc(CC(=O)CN)cc1. The fraction of sp³-hybridized carbons (Fsp3) is 0.385. The molecule has 1 aromatic carbocycles. The lowest BCUT2D eigenvalue weighted by molar-refractivity contribution is -0.117. The van der Waals surface area contributed by atoms with E-state index in [9.17, 15) is 9.59 Å². The summed E-state index contributed by atoms with van der Waals surface area (Å²) in [5, 5.41) is 0. The third kappa shape index (κ3) is 4.36. The molecule has 0 heterocycles. The second kappa shape index (κ2) is 6.15. The zero-order chi connectivity index (χ0) is 12.8. The Morgan fingerprint density at radius 2 is 1.82 bits per heavy atom. The molecule has 92 valence electrons. The summed E-state index contributed by atoms with van der Waals surface area (Å²) in [5.41, 5.74) is 6.57. The molecule has 4 heteroatoms. The van der Waals surface area contributed by atoms with Crippen LogP contribution in [-0.4, -0.2) is 24.4 Å². The quantitative estimate of drug-likeness (QED) is 0.781. The maximum atomic E-state index is 11.5. The lowest BCUT2D eigenvalue weighted by Crippen LogP contribution is -2.16. The average molecular weight is 235 g/mol. The minimum Gasteiger partial charge on any atom is -0.459 e.